The second-order valence-electron chi connectivity index (χ2n) is 7.83. The zero-order valence-corrected chi connectivity index (χ0v) is 17.7. The Hall–Kier alpha value is -2.54. The Labute approximate surface area is 170 Å². The lowest BCUT2D eigenvalue weighted by Gasteiger charge is -2.15. The van der Waals surface area contributed by atoms with E-state index >= 15 is 0 Å². The highest BCUT2D eigenvalue weighted by atomic mass is 16.5. The predicted molar refractivity (Wildman–Crippen MR) is 121 cm³/mol. The third-order valence-electron chi connectivity index (χ3n) is 5.46. The first-order valence-electron chi connectivity index (χ1n) is 10.5. The molecule has 0 saturated heterocycles. The average Bonchev–Trinajstić information content (AvgIpc) is 2.71. The third-order valence-corrected chi connectivity index (χ3v) is 5.46. The zero-order chi connectivity index (χ0) is 19.9. The van der Waals surface area contributed by atoms with Gasteiger partial charge >= 0.3 is 0 Å². The molecule has 0 bridgehead atoms. The average molecular weight is 373 g/mol. The van der Waals surface area contributed by atoms with E-state index < -0.39 is 0 Å². The molecule has 3 aromatic rings. The highest BCUT2D eigenvalue weighted by Crippen LogP contribution is 2.27. The van der Waals surface area contributed by atoms with E-state index in [0.717, 1.165) is 12.2 Å². The maximum absolute atomic E-state index is 6.05. The van der Waals surface area contributed by atoms with Gasteiger partial charge in [0.15, 0.2) is 0 Å². The maximum Gasteiger partial charge on any atom is 0.119 e. The van der Waals surface area contributed by atoms with Crippen molar-refractivity contribution in [3.05, 3.63) is 77.9 Å². The lowest BCUT2D eigenvalue weighted by atomic mass is 9.98. The maximum atomic E-state index is 6.05. The van der Waals surface area contributed by atoms with Gasteiger partial charge in [-0.05, 0) is 79.1 Å². The lowest BCUT2D eigenvalue weighted by molar-refractivity contribution is 0.206. The van der Waals surface area contributed by atoms with E-state index in [1.807, 2.05) is 0 Å². The molecule has 3 aromatic carbocycles. The van der Waals surface area contributed by atoms with Gasteiger partial charge < -0.3 is 4.74 Å². The third kappa shape index (κ3) is 5.25. The number of hydrogen-bond acceptors (Lipinski definition) is 1. The summed E-state index contributed by atoms with van der Waals surface area (Å²) in [6, 6.07) is 24.0. The van der Waals surface area contributed by atoms with Gasteiger partial charge in [-0.1, -0.05) is 74.4 Å². The van der Waals surface area contributed by atoms with E-state index in [2.05, 4.69) is 94.4 Å². The zero-order valence-electron chi connectivity index (χ0n) is 17.7. The Bertz CT molecular complexity index is 875. The molecule has 1 heteroatoms. The van der Waals surface area contributed by atoms with Crippen molar-refractivity contribution >= 4 is 0 Å². The molecule has 0 aliphatic carbocycles. The van der Waals surface area contributed by atoms with Crippen LogP contribution in [-0.2, 0) is 0 Å². The van der Waals surface area contributed by atoms with Crippen molar-refractivity contribution in [2.75, 3.05) is 0 Å². The van der Waals surface area contributed by atoms with E-state index in [1.165, 1.54) is 52.6 Å². The monoisotopic (exact) mass is 372 g/mol. The largest absolute Gasteiger partial charge is 0.491 e. The summed E-state index contributed by atoms with van der Waals surface area (Å²) in [6.45, 7) is 8.72. The molecule has 0 aliphatic rings. The first-order chi connectivity index (χ1) is 13.6. The van der Waals surface area contributed by atoms with Crippen LogP contribution in [0.1, 0.15) is 50.7 Å². The minimum Gasteiger partial charge on any atom is -0.491 e. The van der Waals surface area contributed by atoms with Crippen LogP contribution in [0.4, 0.5) is 0 Å². The van der Waals surface area contributed by atoms with Gasteiger partial charge in [-0.25, -0.2) is 0 Å². The van der Waals surface area contributed by atoms with Crippen molar-refractivity contribution < 1.29 is 4.74 Å². The minimum atomic E-state index is 0.273. The van der Waals surface area contributed by atoms with Gasteiger partial charge in [0.1, 0.15) is 5.75 Å². The fraction of sp³-hybridized carbons (Fsp3) is 0.333. The molecule has 0 amide bonds. The summed E-state index contributed by atoms with van der Waals surface area (Å²) < 4.78 is 6.05. The molecule has 146 valence electrons. The Kier molecular flexibility index (Phi) is 6.92. The van der Waals surface area contributed by atoms with Gasteiger partial charge in [0, 0.05) is 0 Å². The first-order valence-corrected chi connectivity index (χ1v) is 10.5. The molecule has 0 N–H and O–H groups in total. The van der Waals surface area contributed by atoms with Gasteiger partial charge in [-0.15, -0.1) is 0 Å². The summed E-state index contributed by atoms with van der Waals surface area (Å²) in [5.74, 6) is 0.958. The summed E-state index contributed by atoms with van der Waals surface area (Å²) in [5.41, 5.74) is 7.65. The second-order valence-corrected chi connectivity index (χ2v) is 7.83. The van der Waals surface area contributed by atoms with Crippen molar-refractivity contribution in [3.8, 4) is 28.0 Å². The van der Waals surface area contributed by atoms with Crippen LogP contribution in [0, 0.1) is 13.8 Å². The van der Waals surface area contributed by atoms with Crippen LogP contribution in [0.2, 0.25) is 0 Å². The van der Waals surface area contributed by atoms with E-state index in [1.54, 1.807) is 0 Å². The highest BCUT2D eigenvalue weighted by Gasteiger charge is 2.05. The summed E-state index contributed by atoms with van der Waals surface area (Å²) >= 11 is 0. The van der Waals surface area contributed by atoms with Crippen LogP contribution in [0.15, 0.2) is 66.7 Å². The topological polar surface area (TPSA) is 9.23 Å². The normalized spacial score (nSPS) is 12.0. The Morgan fingerprint density at radius 3 is 1.79 bits per heavy atom. The van der Waals surface area contributed by atoms with E-state index in [0.29, 0.717) is 0 Å². The number of rotatable bonds is 8. The molecule has 0 fully saturated rings. The number of unbranched alkanes of at least 4 members (excludes halogenated alkanes) is 2. The number of aryl methyl sites for hydroxylation is 2. The van der Waals surface area contributed by atoms with E-state index in [4.69, 9.17) is 4.74 Å². The molecule has 1 nitrogen and oxygen atoms in total. The van der Waals surface area contributed by atoms with E-state index in [-0.39, 0.29) is 6.10 Å². The van der Waals surface area contributed by atoms with Crippen LogP contribution in [0.5, 0.6) is 5.75 Å². The van der Waals surface area contributed by atoms with Gasteiger partial charge in [0.05, 0.1) is 6.10 Å². The number of ether oxygens (including phenoxy) is 1. The number of benzene rings is 3. The molecule has 0 aromatic heterocycles. The van der Waals surface area contributed by atoms with Gasteiger partial charge in [-0.2, -0.15) is 0 Å². The lowest BCUT2D eigenvalue weighted by Crippen LogP contribution is -2.11. The highest BCUT2D eigenvalue weighted by molar-refractivity contribution is 5.71. The molecule has 0 saturated carbocycles. The molecule has 3 rings (SSSR count). The van der Waals surface area contributed by atoms with Gasteiger partial charge in [-0.3, -0.25) is 0 Å². The molecule has 28 heavy (non-hydrogen) atoms. The van der Waals surface area contributed by atoms with Crippen LogP contribution in [0.3, 0.4) is 0 Å². The van der Waals surface area contributed by atoms with Crippen molar-refractivity contribution in [2.24, 2.45) is 0 Å². The molecule has 1 unspecified atom stereocenters. The van der Waals surface area contributed by atoms with Crippen molar-refractivity contribution in [2.45, 2.75) is 59.5 Å². The van der Waals surface area contributed by atoms with Gasteiger partial charge in [0.25, 0.3) is 0 Å². The molecular formula is C27H32O. The smallest absolute Gasteiger partial charge is 0.119 e. The SMILES string of the molecule is CCCCCC(C)Oc1ccc(-c2ccc(-c3ccc(C)c(C)c3)cc2)cc1. The van der Waals surface area contributed by atoms with Crippen molar-refractivity contribution in [1.82, 2.24) is 0 Å². The Morgan fingerprint density at radius 1 is 0.679 bits per heavy atom. The second kappa shape index (κ2) is 9.59. The summed E-state index contributed by atoms with van der Waals surface area (Å²) in [7, 11) is 0. The van der Waals surface area contributed by atoms with Gasteiger partial charge in [0.2, 0.25) is 0 Å². The fourth-order valence-corrected chi connectivity index (χ4v) is 3.48. The van der Waals surface area contributed by atoms with Crippen LogP contribution in [-0.4, -0.2) is 6.10 Å². The molecule has 1 atom stereocenters. The Morgan fingerprint density at radius 2 is 1.21 bits per heavy atom. The van der Waals surface area contributed by atoms with Crippen LogP contribution in [0.25, 0.3) is 22.3 Å². The van der Waals surface area contributed by atoms with E-state index in [9.17, 15) is 0 Å². The molecule has 0 heterocycles. The molecular weight excluding hydrogens is 340 g/mol. The predicted octanol–water partition coefficient (Wildman–Crippen LogP) is 7.99. The Balaban J connectivity index is 1.66. The minimum absolute atomic E-state index is 0.273. The summed E-state index contributed by atoms with van der Waals surface area (Å²) in [5, 5.41) is 0. The first kappa shape index (κ1) is 20.2. The van der Waals surface area contributed by atoms with Crippen molar-refractivity contribution in [3.63, 3.8) is 0 Å². The van der Waals surface area contributed by atoms with Crippen molar-refractivity contribution in [1.29, 1.82) is 0 Å². The van der Waals surface area contributed by atoms with Crippen LogP contribution < -0.4 is 4.74 Å². The standard InChI is InChI=1S/C27H32O/c1-5-6-7-8-22(4)28-27-17-15-24(16-18-27)23-11-13-25(14-12-23)26-10-9-20(2)21(3)19-26/h9-19,22H,5-8H2,1-4H3. The molecule has 0 aliphatic heterocycles. The quantitative estimate of drug-likeness (QED) is 0.364. The summed E-state index contributed by atoms with van der Waals surface area (Å²) in [6.07, 6.45) is 5.17. The molecule has 0 spiro atoms. The number of hydrogen-bond donors (Lipinski definition) is 0. The fourth-order valence-electron chi connectivity index (χ4n) is 3.48. The van der Waals surface area contributed by atoms with Crippen LogP contribution >= 0.6 is 0 Å². The molecule has 0 radical (unpaired) electrons. The summed E-state index contributed by atoms with van der Waals surface area (Å²) in [4.78, 5) is 0.